The molecule has 0 saturated carbocycles. The molecule has 1 N–H and O–H groups in total. The highest BCUT2D eigenvalue weighted by atomic mass is 35.5. The molecule has 5 nitrogen and oxygen atoms in total. The Morgan fingerprint density at radius 2 is 2.14 bits per heavy atom. The Labute approximate surface area is 135 Å². The first-order valence-electron chi connectivity index (χ1n) is 7.47. The fourth-order valence-corrected chi connectivity index (χ4v) is 2.69. The number of nitrogens with zero attached hydrogens (tertiary/aromatic N) is 1. The van der Waals surface area contributed by atoms with Gasteiger partial charge in [0, 0.05) is 31.1 Å². The van der Waals surface area contributed by atoms with Gasteiger partial charge in [-0.15, -0.1) is 0 Å². The highest BCUT2D eigenvalue weighted by Crippen LogP contribution is 2.22. The molecule has 0 saturated heterocycles. The smallest absolute Gasteiger partial charge is 0.317 e. The van der Waals surface area contributed by atoms with Crippen molar-refractivity contribution < 1.29 is 14.3 Å². The number of nitrogens with one attached hydrogen (secondary N) is 1. The number of hydrogen-bond donors (Lipinski definition) is 1. The van der Waals surface area contributed by atoms with Gasteiger partial charge in [0.25, 0.3) is 0 Å². The number of ether oxygens (including phenoxy) is 1. The lowest BCUT2D eigenvalue weighted by Crippen LogP contribution is -2.43. The molecule has 0 spiro atoms. The number of fused-ring (bicyclic) bond motifs is 1. The zero-order chi connectivity index (χ0) is 15.9. The summed E-state index contributed by atoms with van der Waals surface area (Å²) in [4.78, 5) is 24.9. The zero-order valence-corrected chi connectivity index (χ0v) is 13.5. The van der Waals surface area contributed by atoms with Crippen LogP contribution in [-0.2, 0) is 22.5 Å². The van der Waals surface area contributed by atoms with E-state index in [0.29, 0.717) is 32.5 Å². The number of esters is 1. The number of carbonyl (C=O) groups is 2. The number of amides is 2. The van der Waals surface area contributed by atoms with E-state index in [2.05, 4.69) is 10.1 Å². The van der Waals surface area contributed by atoms with E-state index in [-0.39, 0.29) is 12.0 Å². The molecule has 1 heterocycles. The summed E-state index contributed by atoms with van der Waals surface area (Å²) in [7, 11) is 1.38. The molecule has 0 radical (unpaired) electrons. The Bertz CT molecular complexity index is 548. The number of benzene rings is 1. The third-order valence-corrected chi connectivity index (χ3v) is 4.01. The number of halogens is 1. The van der Waals surface area contributed by atoms with E-state index < -0.39 is 0 Å². The van der Waals surface area contributed by atoms with E-state index in [9.17, 15) is 9.59 Å². The molecular weight excluding hydrogens is 304 g/mol. The van der Waals surface area contributed by atoms with Gasteiger partial charge in [0.15, 0.2) is 0 Å². The molecular formula is C16H21ClN2O3. The first-order chi connectivity index (χ1) is 10.6. The summed E-state index contributed by atoms with van der Waals surface area (Å²) >= 11 is 5.98. The maximum atomic E-state index is 12.1. The average Bonchev–Trinajstić information content (AvgIpc) is 2.53. The molecule has 2 rings (SSSR count). The molecule has 0 fully saturated rings. The topological polar surface area (TPSA) is 58.6 Å². The van der Waals surface area contributed by atoms with E-state index in [0.717, 1.165) is 23.4 Å². The Hall–Kier alpha value is -1.75. The Morgan fingerprint density at radius 1 is 1.32 bits per heavy atom. The number of hydrogen-bond acceptors (Lipinski definition) is 3. The van der Waals surface area contributed by atoms with Gasteiger partial charge in [0.1, 0.15) is 0 Å². The van der Waals surface area contributed by atoms with Crippen LogP contribution in [0.5, 0.6) is 0 Å². The fraction of sp³-hybridized carbons (Fsp3) is 0.500. The van der Waals surface area contributed by atoms with E-state index in [1.807, 2.05) is 18.2 Å². The lowest BCUT2D eigenvalue weighted by atomic mass is 10.0. The molecule has 0 aromatic heterocycles. The quantitative estimate of drug-likeness (QED) is 0.669. The first-order valence-corrected chi connectivity index (χ1v) is 7.85. The lowest BCUT2D eigenvalue weighted by Gasteiger charge is -2.29. The highest BCUT2D eigenvalue weighted by Gasteiger charge is 2.20. The molecule has 1 aliphatic rings. The van der Waals surface area contributed by atoms with E-state index in [1.54, 1.807) is 4.90 Å². The van der Waals surface area contributed by atoms with Crippen molar-refractivity contribution in [2.45, 2.75) is 32.2 Å². The van der Waals surface area contributed by atoms with Crippen LogP contribution in [0.1, 0.15) is 30.4 Å². The average molecular weight is 325 g/mol. The molecule has 2 amide bonds. The Morgan fingerprint density at radius 3 is 2.91 bits per heavy atom. The van der Waals surface area contributed by atoms with Crippen molar-refractivity contribution >= 4 is 23.6 Å². The standard InChI is InChI=1S/C16H21ClN2O3/c1-22-15(20)4-2-3-8-18-16(21)19-9-7-12-10-14(17)6-5-13(12)11-19/h5-6,10H,2-4,7-9,11H2,1H3,(H,18,21). The van der Waals surface area contributed by atoms with Crippen LogP contribution < -0.4 is 5.32 Å². The van der Waals surface area contributed by atoms with Gasteiger partial charge in [0.2, 0.25) is 0 Å². The fourth-order valence-electron chi connectivity index (χ4n) is 2.50. The summed E-state index contributed by atoms with van der Waals surface area (Å²) in [6, 6.07) is 5.75. The molecule has 0 aliphatic carbocycles. The monoisotopic (exact) mass is 324 g/mol. The van der Waals surface area contributed by atoms with Gasteiger partial charge < -0.3 is 15.0 Å². The van der Waals surface area contributed by atoms with Crippen molar-refractivity contribution in [1.82, 2.24) is 10.2 Å². The molecule has 22 heavy (non-hydrogen) atoms. The van der Waals surface area contributed by atoms with Crippen LogP contribution >= 0.6 is 11.6 Å². The predicted molar refractivity (Wildman–Crippen MR) is 84.8 cm³/mol. The second-order valence-corrected chi connectivity index (χ2v) is 5.79. The second-order valence-electron chi connectivity index (χ2n) is 5.35. The van der Waals surface area contributed by atoms with Crippen molar-refractivity contribution in [3.8, 4) is 0 Å². The third-order valence-electron chi connectivity index (χ3n) is 3.78. The number of methoxy groups -OCH3 is 1. The number of unbranched alkanes of at least 4 members (excludes halogenated alkanes) is 1. The summed E-state index contributed by atoms with van der Waals surface area (Å²) in [6.45, 7) is 1.88. The van der Waals surface area contributed by atoms with Gasteiger partial charge in [-0.1, -0.05) is 17.7 Å². The second kappa shape index (κ2) is 8.03. The number of carbonyl (C=O) groups excluding carboxylic acids is 2. The predicted octanol–water partition coefficient (Wildman–Crippen LogP) is 2.75. The largest absolute Gasteiger partial charge is 0.469 e. The summed E-state index contributed by atoms with van der Waals surface area (Å²) in [5, 5.41) is 3.63. The number of rotatable bonds is 5. The van der Waals surface area contributed by atoms with Crippen molar-refractivity contribution in [2.24, 2.45) is 0 Å². The maximum Gasteiger partial charge on any atom is 0.317 e. The van der Waals surface area contributed by atoms with Crippen molar-refractivity contribution in [2.75, 3.05) is 20.2 Å². The van der Waals surface area contributed by atoms with Crippen LogP contribution in [0.4, 0.5) is 4.79 Å². The Balaban J connectivity index is 1.73. The first kappa shape index (κ1) is 16.6. The molecule has 120 valence electrons. The molecule has 1 aliphatic heterocycles. The SMILES string of the molecule is COC(=O)CCCCNC(=O)N1CCc2cc(Cl)ccc2C1. The van der Waals surface area contributed by atoms with E-state index in [4.69, 9.17) is 11.6 Å². The molecule has 1 aromatic rings. The molecule has 6 heteroatoms. The van der Waals surface area contributed by atoms with Crippen molar-refractivity contribution in [3.63, 3.8) is 0 Å². The van der Waals surface area contributed by atoms with Gasteiger partial charge in [-0.3, -0.25) is 4.79 Å². The minimum atomic E-state index is -0.211. The molecule has 0 atom stereocenters. The van der Waals surface area contributed by atoms with Crippen LogP contribution in [-0.4, -0.2) is 37.1 Å². The summed E-state index contributed by atoms with van der Waals surface area (Å²) in [6.07, 6.45) is 2.70. The lowest BCUT2D eigenvalue weighted by molar-refractivity contribution is -0.140. The highest BCUT2D eigenvalue weighted by molar-refractivity contribution is 6.30. The van der Waals surface area contributed by atoms with Gasteiger partial charge in [-0.25, -0.2) is 4.79 Å². The van der Waals surface area contributed by atoms with Gasteiger partial charge >= 0.3 is 12.0 Å². The van der Waals surface area contributed by atoms with Crippen molar-refractivity contribution in [1.29, 1.82) is 0 Å². The minimum Gasteiger partial charge on any atom is -0.469 e. The van der Waals surface area contributed by atoms with Crippen LogP contribution in [0, 0.1) is 0 Å². The summed E-state index contributed by atoms with van der Waals surface area (Å²) in [5.41, 5.74) is 2.37. The van der Waals surface area contributed by atoms with Crippen LogP contribution in [0.15, 0.2) is 18.2 Å². The van der Waals surface area contributed by atoms with Gasteiger partial charge in [-0.05, 0) is 42.5 Å². The normalized spacial score (nSPS) is 13.5. The number of urea groups is 1. The molecule has 1 aromatic carbocycles. The zero-order valence-electron chi connectivity index (χ0n) is 12.7. The van der Waals surface area contributed by atoms with E-state index >= 15 is 0 Å². The summed E-state index contributed by atoms with van der Waals surface area (Å²) < 4.78 is 4.57. The maximum absolute atomic E-state index is 12.1. The van der Waals surface area contributed by atoms with Gasteiger partial charge in [0.05, 0.1) is 7.11 Å². The van der Waals surface area contributed by atoms with Crippen LogP contribution in [0.3, 0.4) is 0 Å². The van der Waals surface area contributed by atoms with Crippen molar-refractivity contribution in [3.05, 3.63) is 34.3 Å². The van der Waals surface area contributed by atoms with Crippen LogP contribution in [0.25, 0.3) is 0 Å². The minimum absolute atomic E-state index is 0.0568. The van der Waals surface area contributed by atoms with E-state index in [1.165, 1.54) is 12.7 Å². The molecule has 0 unspecified atom stereocenters. The van der Waals surface area contributed by atoms with Crippen LogP contribution in [0.2, 0.25) is 5.02 Å². The summed E-state index contributed by atoms with van der Waals surface area (Å²) in [5.74, 6) is -0.211. The third kappa shape index (κ3) is 4.63. The molecule has 0 bridgehead atoms. The van der Waals surface area contributed by atoms with Gasteiger partial charge in [-0.2, -0.15) is 0 Å². The Kier molecular flexibility index (Phi) is 6.07.